The van der Waals surface area contributed by atoms with Gasteiger partial charge in [0.25, 0.3) is 5.91 Å². The first-order chi connectivity index (χ1) is 16.4. The first kappa shape index (κ1) is 20.9. The van der Waals surface area contributed by atoms with Crippen LogP contribution in [0.25, 0.3) is 33.5 Å². The summed E-state index contributed by atoms with van der Waals surface area (Å²) in [4.78, 5) is 34.4. The Bertz CT molecular complexity index is 1560. The molecule has 0 bridgehead atoms. The molecule has 0 aliphatic carbocycles. The van der Waals surface area contributed by atoms with E-state index in [9.17, 15) is 4.79 Å². The number of nitrogens with two attached hydrogens (primary N) is 2. The molecule has 1 aromatic carbocycles. The third kappa shape index (κ3) is 3.64. The van der Waals surface area contributed by atoms with Crippen LogP contribution < -0.4 is 16.8 Å². The summed E-state index contributed by atoms with van der Waals surface area (Å²) in [6, 6.07) is 9.14. The van der Waals surface area contributed by atoms with Gasteiger partial charge in [-0.3, -0.25) is 9.89 Å². The number of pyridine rings is 1. The molecule has 0 saturated carbocycles. The van der Waals surface area contributed by atoms with Crippen molar-refractivity contribution in [2.24, 2.45) is 5.73 Å². The standard InChI is InChI=1S/C23H20N10O/c1-11-5-6-15-14(10-28-33-15)16(11)18-17(24)19(20(25)34)31-22(30-18)13-4-3-8-26-21(13)32-23-27-9-7-12(2)29-23/h3-10H,24H2,1-2H3,(H2,25,34)(H,28,33)(H,26,27,29,32). The molecule has 0 aliphatic rings. The number of nitrogens with zero attached hydrogens (tertiary/aromatic N) is 6. The number of H-pyrrole nitrogens is 1. The van der Waals surface area contributed by atoms with E-state index in [-0.39, 0.29) is 17.2 Å². The van der Waals surface area contributed by atoms with Gasteiger partial charge in [-0.2, -0.15) is 5.10 Å². The van der Waals surface area contributed by atoms with Gasteiger partial charge in [0.1, 0.15) is 5.82 Å². The van der Waals surface area contributed by atoms with Crippen molar-refractivity contribution < 1.29 is 4.79 Å². The first-order valence-corrected chi connectivity index (χ1v) is 10.3. The number of benzene rings is 1. The summed E-state index contributed by atoms with van der Waals surface area (Å²) in [5, 5.41) is 11.0. The van der Waals surface area contributed by atoms with Crippen molar-refractivity contribution in [3.8, 4) is 22.6 Å². The highest BCUT2D eigenvalue weighted by Gasteiger charge is 2.22. The van der Waals surface area contributed by atoms with Gasteiger partial charge in [0.05, 0.1) is 28.7 Å². The van der Waals surface area contributed by atoms with E-state index in [1.54, 1.807) is 36.8 Å². The number of fused-ring (bicyclic) bond motifs is 1. The van der Waals surface area contributed by atoms with Crippen LogP contribution in [-0.2, 0) is 0 Å². The highest BCUT2D eigenvalue weighted by atomic mass is 16.1. The number of amides is 1. The van der Waals surface area contributed by atoms with E-state index in [0.717, 1.165) is 27.7 Å². The second kappa shape index (κ2) is 8.20. The van der Waals surface area contributed by atoms with Crippen molar-refractivity contribution >= 4 is 34.3 Å². The van der Waals surface area contributed by atoms with Crippen LogP contribution in [-0.4, -0.2) is 41.0 Å². The van der Waals surface area contributed by atoms with E-state index in [2.05, 4.69) is 35.5 Å². The molecule has 0 fully saturated rings. The average molecular weight is 452 g/mol. The maximum Gasteiger partial charge on any atom is 0.269 e. The molecule has 6 N–H and O–H groups in total. The van der Waals surface area contributed by atoms with Gasteiger partial charge in [-0.05, 0) is 43.7 Å². The lowest BCUT2D eigenvalue weighted by atomic mass is 9.99. The molecule has 4 aromatic heterocycles. The monoisotopic (exact) mass is 452 g/mol. The summed E-state index contributed by atoms with van der Waals surface area (Å²) in [6.07, 6.45) is 4.95. The van der Waals surface area contributed by atoms with Gasteiger partial charge in [0.2, 0.25) is 5.95 Å². The molecule has 4 heterocycles. The zero-order valence-corrected chi connectivity index (χ0v) is 18.4. The molecule has 0 radical (unpaired) electrons. The maximum absolute atomic E-state index is 12.3. The second-order valence-corrected chi connectivity index (χ2v) is 7.66. The summed E-state index contributed by atoms with van der Waals surface area (Å²) in [5.41, 5.74) is 16.1. The van der Waals surface area contributed by atoms with Crippen molar-refractivity contribution in [2.75, 3.05) is 11.1 Å². The third-order valence-corrected chi connectivity index (χ3v) is 5.32. The SMILES string of the molecule is Cc1ccnc(Nc2ncccc2-c2nc(C(N)=O)c(N)c(-c3c(C)ccc4[nH]ncc34)n2)n1. The molecule has 34 heavy (non-hydrogen) atoms. The molecule has 1 amide bonds. The van der Waals surface area contributed by atoms with Crippen LogP contribution in [0.1, 0.15) is 21.7 Å². The Morgan fingerprint density at radius 3 is 2.68 bits per heavy atom. The van der Waals surface area contributed by atoms with Crippen LogP contribution in [0.15, 0.2) is 48.9 Å². The fourth-order valence-corrected chi connectivity index (χ4v) is 3.71. The minimum Gasteiger partial charge on any atom is -0.395 e. The van der Waals surface area contributed by atoms with E-state index in [0.29, 0.717) is 23.0 Å². The van der Waals surface area contributed by atoms with Gasteiger partial charge in [-0.1, -0.05) is 6.07 Å². The number of anilines is 3. The third-order valence-electron chi connectivity index (χ3n) is 5.32. The summed E-state index contributed by atoms with van der Waals surface area (Å²) < 4.78 is 0. The minimum absolute atomic E-state index is 0.0819. The number of carbonyl (C=O) groups excluding carboxylic acids is 1. The topological polar surface area (TPSA) is 174 Å². The fourth-order valence-electron chi connectivity index (χ4n) is 3.71. The summed E-state index contributed by atoms with van der Waals surface area (Å²) in [5.74, 6) is 0.239. The minimum atomic E-state index is -0.764. The normalized spacial score (nSPS) is 11.0. The first-order valence-electron chi connectivity index (χ1n) is 10.3. The number of rotatable bonds is 5. The number of primary amides is 1. The van der Waals surface area contributed by atoms with Crippen molar-refractivity contribution in [1.29, 1.82) is 0 Å². The van der Waals surface area contributed by atoms with Crippen LogP contribution in [0.2, 0.25) is 0 Å². The maximum atomic E-state index is 12.3. The van der Waals surface area contributed by atoms with Crippen LogP contribution in [0.3, 0.4) is 0 Å². The van der Waals surface area contributed by atoms with Crippen LogP contribution in [0, 0.1) is 13.8 Å². The molecular weight excluding hydrogens is 432 g/mol. The number of aryl methyl sites for hydroxylation is 2. The van der Waals surface area contributed by atoms with Gasteiger partial charge >= 0.3 is 0 Å². The highest BCUT2D eigenvalue weighted by molar-refractivity contribution is 6.04. The number of aromatic nitrogens is 7. The zero-order valence-electron chi connectivity index (χ0n) is 18.4. The molecule has 0 aliphatic heterocycles. The van der Waals surface area contributed by atoms with Crippen molar-refractivity contribution in [2.45, 2.75) is 13.8 Å². The molecular formula is C23H20N10O. The molecule has 0 atom stereocenters. The number of carbonyl (C=O) groups is 1. The summed E-state index contributed by atoms with van der Waals surface area (Å²) in [6.45, 7) is 3.79. The molecule has 11 heteroatoms. The smallest absolute Gasteiger partial charge is 0.269 e. The Labute approximate surface area is 193 Å². The van der Waals surface area contributed by atoms with Crippen LogP contribution in [0.5, 0.6) is 0 Å². The average Bonchev–Trinajstić information content (AvgIpc) is 3.29. The van der Waals surface area contributed by atoms with E-state index in [4.69, 9.17) is 16.5 Å². The number of hydrogen-bond acceptors (Lipinski definition) is 9. The number of aromatic amines is 1. The van der Waals surface area contributed by atoms with Crippen LogP contribution >= 0.6 is 0 Å². The van der Waals surface area contributed by atoms with E-state index >= 15 is 0 Å². The van der Waals surface area contributed by atoms with E-state index < -0.39 is 5.91 Å². The Balaban J connectivity index is 1.73. The lowest BCUT2D eigenvalue weighted by molar-refractivity contribution is 0.0996. The zero-order chi connectivity index (χ0) is 23.8. The van der Waals surface area contributed by atoms with Gasteiger partial charge in [-0.15, -0.1) is 0 Å². The molecule has 168 valence electrons. The van der Waals surface area contributed by atoms with Gasteiger partial charge in [0.15, 0.2) is 11.5 Å². The summed E-state index contributed by atoms with van der Waals surface area (Å²) >= 11 is 0. The largest absolute Gasteiger partial charge is 0.395 e. The molecule has 0 spiro atoms. The van der Waals surface area contributed by atoms with E-state index in [1.165, 1.54) is 0 Å². The second-order valence-electron chi connectivity index (χ2n) is 7.66. The Morgan fingerprint density at radius 2 is 1.88 bits per heavy atom. The Hall–Kier alpha value is -4.93. The van der Waals surface area contributed by atoms with Crippen molar-refractivity contribution in [3.63, 3.8) is 0 Å². The van der Waals surface area contributed by atoms with Gasteiger partial charge < -0.3 is 16.8 Å². The van der Waals surface area contributed by atoms with Crippen molar-refractivity contribution in [1.82, 2.24) is 35.1 Å². The molecule has 5 aromatic rings. The highest BCUT2D eigenvalue weighted by Crippen LogP contribution is 2.36. The number of nitrogen functional groups attached to an aromatic ring is 1. The van der Waals surface area contributed by atoms with Crippen LogP contribution in [0.4, 0.5) is 17.5 Å². The van der Waals surface area contributed by atoms with Crippen molar-refractivity contribution in [3.05, 3.63) is 65.9 Å². The summed E-state index contributed by atoms with van der Waals surface area (Å²) in [7, 11) is 0. The quantitative estimate of drug-likeness (QED) is 0.312. The molecule has 11 nitrogen and oxygen atoms in total. The fraction of sp³-hybridized carbons (Fsp3) is 0.0870. The van der Waals surface area contributed by atoms with Gasteiger partial charge in [0, 0.05) is 29.0 Å². The molecule has 0 saturated heterocycles. The predicted molar refractivity (Wildman–Crippen MR) is 128 cm³/mol. The Kier molecular flexibility index (Phi) is 5.05. The number of nitrogens with one attached hydrogen (secondary N) is 2. The van der Waals surface area contributed by atoms with E-state index in [1.807, 2.05) is 26.0 Å². The predicted octanol–water partition coefficient (Wildman–Crippen LogP) is 2.91. The molecule has 0 unspecified atom stereocenters. The lowest BCUT2D eigenvalue weighted by Gasteiger charge is -2.15. The Morgan fingerprint density at radius 1 is 1.03 bits per heavy atom. The molecule has 5 rings (SSSR count). The lowest BCUT2D eigenvalue weighted by Crippen LogP contribution is -2.18. The number of hydrogen-bond donors (Lipinski definition) is 4. The van der Waals surface area contributed by atoms with Gasteiger partial charge in [-0.25, -0.2) is 24.9 Å².